The molecule has 43 heavy (non-hydrogen) atoms. The maximum Gasteiger partial charge on any atom is 0.330 e. The van der Waals surface area contributed by atoms with Crippen molar-refractivity contribution in [2.75, 3.05) is 30.0 Å². The average Bonchev–Trinajstić information content (AvgIpc) is 3.68. The number of hydrogen-bond donors (Lipinski definition) is 2. The van der Waals surface area contributed by atoms with Gasteiger partial charge in [0.2, 0.25) is 5.91 Å². The molecule has 11 nitrogen and oxygen atoms in total. The van der Waals surface area contributed by atoms with E-state index < -0.39 is 11.2 Å². The van der Waals surface area contributed by atoms with E-state index in [1.807, 2.05) is 84.5 Å². The van der Waals surface area contributed by atoms with Crippen LogP contribution < -0.4 is 26.6 Å². The van der Waals surface area contributed by atoms with Gasteiger partial charge in [0.1, 0.15) is 11.6 Å². The van der Waals surface area contributed by atoms with Crippen molar-refractivity contribution >= 4 is 40.5 Å². The van der Waals surface area contributed by atoms with Gasteiger partial charge in [-0.2, -0.15) is 0 Å². The van der Waals surface area contributed by atoms with Gasteiger partial charge in [-0.1, -0.05) is 61.2 Å². The van der Waals surface area contributed by atoms with Crippen LogP contribution in [0.25, 0.3) is 16.4 Å². The van der Waals surface area contributed by atoms with Crippen LogP contribution in [0.4, 0.5) is 11.5 Å². The van der Waals surface area contributed by atoms with Gasteiger partial charge in [0, 0.05) is 6.54 Å². The summed E-state index contributed by atoms with van der Waals surface area (Å²) in [6.45, 7) is 4.25. The molecule has 5 rings (SSSR count). The first-order valence-electron chi connectivity index (χ1n) is 13.6. The Balaban J connectivity index is 1.49. The van der Waals surface area contributed by atoms with Gasteiger partial charge in [0.05, 0.1) is 30.0 Å². The number of aryl methyl sites for hydroxylation is 1. The number of amides is 1. The molecule has 0 saturated carbocycles. The van der Waals surface area contributed by atoms with E-state index in [4.69, 9.17) is 10.5 Å². The average molecular weight is 618 g/mol. The monoisotopic (exact) mass is 617 g/mol. The number of aromatic amines is 1. The van der Waals surface area contributed by atoms with E-state index in [2.05, 4.69) is 15.2 Å². The zero-order valence-electron chi connectivity index (χ0n) is 23.9. The summed E-state index contributed by atoms with van der Waals surface area (Å²) in [5.41, 5.74) is 7.59. The van der Waals surface area contributed by atoms with Gasteiger partial charge in [-0.3, -0.25) is 23.7 Å². The number of nitrogens with one attached hydrogen (secondary N) is 1. The Morgan fingerprint density at radius 1 is 1.12 bits per heavy atom. The van der Waals surface area contributed by atoms with Gasteiger partial charge in [-0.05, 0) is 48.1 Å². The molecule has 0 fully saturated rings. The van der Waals surface area contributed by atoms with Crippen molar-refractivity contribution in [2.45, 2.75) is 32.0 Å². The number of thiophene rings is 1. The van der Waals surface area contributed by atoms with Crippen LogP contribution in [0.1, 0.15) is 24.5 Å². The molecule has 0 spiro atoms. The highest BCUT2D eigenvalue weighted by molar-refractivity contribution is 7.99. The number of thioether (sulfide) groups is 1. The van der Waals surface area contributed by atoms with Crippen LogP contribution in [-0.4, -0.2) is 49.6 Å². The SMILES string of the molecule is CCCN(C(=O)CSc1nnc(-c2cccs2)n1-c1cc(C)ccc1OC)c1c(N)n(Cc2ccccc2)c(=O)[nH]c1=O. The standard InChI is InChI=1S/C30H31N7O4S2/c1-4-14-35(25-26(31)36(29(40)32-28(25)39)17-20-9-6-5-7-10-20)24(38)18-43-30-34-33-27(23-11-8-15-42-23)37(30)21-16-19(2)12-13-22(21)41-3/h5-13,15-16H,4,14,17-18,31H2,1-3H3,(H,32,39,40). The van der Waals surface area contributed by atoms with Crippen LogP contribution >= 0.6 is 23.1 Å². The van der Waals surface area contributed by atoms with Gasteiger partial charge in [-0.25, -0.2) is 4.79 Å². The van der Waals surface area contributed by atoms with E-state index >= 15 is 0 Å². The molecular formula is C30H31N7O4S2. The van der Waals surface area contributed by atoms with Crippen molar-refractivity contribution in [3.8, 4) is 22.1 Å². The molecule has 0 saturated heterocycles. The Morgan fingerprint density at radius 2 is 1.91 bits per heavy atom. The zero-order chi connectivity index (χ0) is 30.5. The summed E-state index contributed by atoms with van der Waals surface area (Å²) in [5, 5.41) is 11.3. The van der Waals surface area contributed by atoms with Crippen LogP contribution in [-0.2, 0) is 11.3 Å². The first-order valence-corrected chi connectivity index (χ1v) is 15.4. The first-order chi connectivity index (χ1) is 20.8. The summed E-state index contributed by atoms with van der Waals surface area (Å²) in [6.07, 6.45) is 0.562. The second-order valence-electron chi connectivity index (χ2n) is 9.69. The fourth-order valence-electron chi connectivity index (χ4n) is 4.67. The number of hydrogen-bond acceptors (Lipinski definition) is 9. The van der Waals surface area contributed by atoms with Crippen molar-refractivity contribution in [1.82, 2.24) is 24.3 Å². The number of nitrogen functional groups attached to an aromatic ring is 1. The topological polar surface area (TPSA) is 141 Å². The Labute approximate surface area is 256 Å². The third-order valence-corrected chi connectivity index (χ3v) is 8.47. The lowest BCUT2D eigenvalue weighted by Crippen LogP contribution is -2.42. The maximum absolute atomic E-state index is 13.8. The molecule has 0 aliphatic rings. The van der Waals surface area contributed by atoms with E-state index in [9.17, 15) is 14.4 Å². The molecule has 0 unspecified atom stereocenters. The molecule has 0 aliphatic carbocycles. The fourth-order valence-corrected chi connectivity index (χ4v) is 6.19. The molecule has 2 aromatic carbocycles. The number of methoxy groups -OCH3 is 1. The lowest BCUT2D eigenvalue weighted by atomic mass is 10.2. The predicted octanol–water partition coefficient (Wildman–Crippen LogP) is 4.33. The maximum atomic E-state index is 13.8. The van der Waals surface area contributed by atoms with Crippen molar-refractivity contribution in [1.29, 1.82) is 0 Å². The molecule has 3 heterocycles. The van der Waals surface area contributed by atoms with Gasteiger partial charge < -0.3 is 15.4 Å². The Morgan fingerprint density at radius 3 is 2.60 bits per heavy atom. The number of ether oxygens (including phenoxy) is 1. The summed E-state index contributed by atoms with van der Waals surface area (Å²) < 4.78 is 8.80. The lowest BCUT2D eigenvalue weighted by Gasteiger charge is -2.24. The third-order valence-electron chi connectivity index (χ3n) is 6.69. The molecule has 3 N–H and O–H groups in total. The van der Waals surface area contributed by atoms with Crippen LogP contribution in [0, 0.1) is 6.92 Å². The molecule has 222 valence electrons. The van der Waals surface area contributed by atoms with E-state index in [1.165, 1.54) is 32.6 Å². The molecule has 1 amide bonds. The number of H-pyrrole nitrogens is 1. The normalized spacial score (nSPS) is 11.0. The van der Waals surface area contributed by atoms with Crippen LogP contribution in [0.2, 0.25) is 0 Å². The van der Waals surface area contributed by atoms with Crippen molar-refractivity contribution < 1.29 is 9.53 Å². The minimum Gasteiger partial charge on any atom is -0.495 e. The van der Waals surface area contributed by atoms with Crippen molar-refractivity contribution in [3.63, 3.8) is 0 Å². The molecule has 0 radical (unpaired) electrons. The third kappa shape index (κ3) is 6.27. The van der Waals surface area contributed by atoms with Crippen LogP contribution in [0.15, 0.2) is 80.8 Å². The largest absolute Gasteiger partial charge is 0.495 e. The van der Waals surface area contributed by atoms with E-state index in [0.29, 0.717) is 23.2 Å². The second-order valence-corrected chi connectivity index (χ2v) is 11.6. The number of carbonyl (C=O) groups excluding carboxylic acids is 1. The highest BCUT2D eigenvalue weighted by Crippen LogP contribution is 2.35. The lowest BCUT2D eigenvalue weighted by molar-refractivity contribution is -0.116. The minimum atomic E-state index is -0.716. The molecule has 5 aromatic rings. The smallest absolute Gasteiger partial charge is 0.330 e. The molecule has 0 aliphatic heterocycles. The fraction of sp³-hybridized carbons (Fsp3) is 0.233. The number of benzene rings is 2. The van der Waals surface area contributed by atoms with Gasteiger partial charge in [0.25, 0.3) is 5.56 Å². The van der Waals surface area contributed by atoms with Gasteiger partial charge in [-0.15, -0.1) is 21.5 Å². The molecular weight excluding hydrogens is 587 g/mol. The highest BCUT2D eigenvalue weighted by atomic mass is 32.2. The summed E-state index contributed by atoms with van der Waals surface area (Å²) >= 11 is 2.72. The highest BCUT2D eigenvalue weighted by Gasteiger charge is 2.26. The second kappa shape index (κ2) is 13.1. The first kappa shape index (κ1) is 29.9. The Hall–Kier alpha value is -4.62. The number of aromatic nitrogens is 5. The quantitative estimate of drug-likeness (QED) is 0.209. The molecule has 13 heteroatoms. The minimum absolute atomic E-state index is 0.0518. The van der Waals surface area contributed by atoms with E-state index in [-0.39, 0.29) is 36.3 Å². The van der Waals surface area contributed by atoms with E-state index in [1.54, 1.807) is 7.11 Å². The molecule has 0 atom stereocenters. The Bertz CT molecular complexity index is 1850. The summed E-state index contributed by atoms with van der Waals surface area (Å²) in [7, 11) is 1.60. The van der Waals surface area contributed by atoms with Gasteiger partial charge >= 0.3 is 5.69 Å². The van der Waals surface area contributed by atoms with Crippen LogP contribution in [0.5, 0.6) is 5.75 Å². The molecule has 3 aromatic heterocycles. The summed E-state index contributed by atoms with van der Waals surface area (Å²) in [5.74, 6) is 0.749. The Kier molecular flexibility index (Phi) is 9.12. The summed E-state index contributed by atoms with van der Waals surface area (Å²) in [6, 6.07) is 19.0. The number of nitrogens with zero attached hydrogens (tertiary/aromatic N) is 5. The van der Waals surface area contributed by atoms with Crippen molar-refractivity contribution in [3.05, 3.63) is 98.0 Å². The van der Waals surface area contributed by atoms with Crippen LogP contribution in [0.3, 0.4) is 0 Å². The number of nitrogens with two attached hydrogens (primary N) is 1. The van der Waals surface area contributed by atoms with E-state index in [0.717, 1.165) is 21.7 Å². The number of carbonyl (C=O) groups is 1. The van der Waals surface area contributed by atoms with Gasteiger partial charge in [0.15, 0.2) is 16.7 Å². The zero-order valence-corrected chi connectivity index (χ0v) is 25.6. The number of rotatable bonds is 11. The molecule has 0 bridgehead atoms. The summed E-state index contributed by atoms with van der Waals surface area (Å²) in [4.78, 5) is 44.1. The predicted molar refractivity (Wildman–Crippen MR) is 171 cm³/mol. The van der Waals surface area contributed by atoms with Crippen molar-refractivity contribution in [2.24, 2.45) is 0 Å². The number of anilines is 2.